The maximum atomic E-state index is 12.2. The minimum atomic E-state index is -0.534. The van der Waals surface area contributed by atoms with Crippen molar-refractivity contribution in [1.82, 2.24) is 20.9 Å². The lowest BCUT2D eigenvalue weighted by atomic mass is 9.91. The van der Waals surface area contributed by atoms with Gasteiger partial charge in [0, 0.05) is 30.8 Å². The van der Waals surface area contributed by atoms with Gasteiger partial charge in [0.2, 0.25) is 11.8 Å². The van der Waals surface area contributed by atoms with Crippen LogP contribution in [0, 0.1) is 12.8 Å². The SMILES string of the molecule is CCOC(=O)/C=C/[C@H](CC1CCCNC1=O)NC(=O)CNC(=O)c1ccc[nH]1.Cc1ccccc1. The van der Waals surface area contributed by atoms with E-state index in [-0.39, 0.29) is 25.0 Å². The molecule has 1 aliphatic heterocycles. The van der Waals surface area contributed by atoms with Gasteiger partial charge in [-0.15, -0.1) is 0 Å². The van der Waals surface area contributed by atoms with Crippen LogP contribution >= 0.6 is 0 Å². The molecule has 1 aromatic heterocycles. The highest BCUT2D eigenvalue weighted by Crippen LogP contribution is 2.18. The van der Waals surface area contributed by atoms with E-state index in [1.165, 1.54) is 17.7 Å². The van der Waals surface area contributed by atoms with Crippen LogP contribution in [-0.2, 0) is 19.1 Å². The number of ether oxygens (including phenoxy) is 1. The summed E-state index contributed by atoms with van der Waals surface area (Å²) in [5.74, 6) is -1.65. The number of hydrogen-bond acceptors (Lipinski definition) is 5. The quantitative estimate of drug-likeness (QED) is 0.322. The van der Waals surface area contributed by atoms with Gasteiger partial charge in [-0.1, -0.05) is 42.0 Å². The molecule has 188 valence electrons. The molecule has 0 saturated carbocycles. The predicted molar refractivity (Wildman–Crippen MR) is 132 cm³/mol. The summed E-state index contributed by atoms with van der Waals surface area (Å²) in [5.41, 5.74) is 1.67. The molecule has 1 fully saturated rings. The van der Waals surface area contributed by atoms with E-state index in [2.05, 4.69) is 40.0 Å². The summed E-state index contributed by atoms with van der Waals surface area (Å²) in [5, 5.41) is 8.06. The van der Waals surface area contributed by atoms with Crippen LogP contribution in [0.5, 0.6) is 0 Å². The molecule has 1 aliphatic rings. The van der Waals surface area contributed by atoms with Gasteiger partial charge in [-0.25, -0.2) is 4.79 Å². The van der Waals surface area contributed by atoms with E-state index in [1.807, 2.05) is 18.2 Å². The van der Waals surface area contributed by atoms with Crippen LogP contribution < -0.4 is 16.0 Å². The van der Waals surface area contributed by atoms with E-state index in [0.717, 1.165) is 12.8 Å². The van der Waals surface area contributed by atoms with Crippen molar-refractivity contribution in [3.05, 3.63) is 72.1 Å². The van der Waals surface area contributed by atoms with Gasteiger partial charge >= 0.3 is 5.97 Å². The molecule has 0 aliphatic carbocycles. The van der Waals surface area contributed by atoms with E-state index >= 15 is 0 Å². The average Bonchev–Trinajstić information content (AvgIpc) is 3.39. The molecule has 3 amide bonds. The normalized spacial score (nSPS) is 15.8. The number of carbonyl (C=O) groups excluding carboxylic acids is 4. The first kappa shape index (κ1) is 27.4. The third-order valence-electron chi connectivity index (χ3n) is 5.23. The number of H-pyrrole nitrogens is 1. The number of amides is 3. The first-order valence-electron chi connectivity index (χ1n) is 11.7. The van der Waals surface area contributed by atoms with Gasteiger partial charge in [0.25, 0.3) is 5.91 Å². The van der Waals surface area contributed by atoms with Gasteiger partial charge in [0.1, 0.15) is 5.69 Å². The van der Waals surface area contributed by atoms with Gasteiger partial charge in [-0.05, 0) is 45.2 Å². The van der Waals surface area contributed by atoms with Crippen LogP contribution in [0.25, 0.3) is 0 Å². The number of esters is 1. The van der Waals surface area contributed by atoms with Crippen molar-refractivity contribution in [1.29, 1.82) is 0 Å². The molecule has 1 aromatic carbocycles. The van der Waals surface area contributed by atoms with Crippen molar-refractivity contribution < 1.29 is 23.9 Å². The Hall–Kier alpha value is -3.88. The zero-order valence-corrected chi connectivity index (χ0v) is 20.2. The molecule has 1 saturated heterocycles. The van der Waals surface area contributed by atoms with Crippen molar-refractivity contribution in [2.24, 2.45) is 5.92 Å². The maximum Gasteiger partial charge on any atom is 0.330 e. The Morgan fingerprint density at radius 3 is 2.54 bits per heavy atom. The lowest BCUT2D eigenvalue weighted by Gasteiger charge is -2.25. The van der Waals surface area contributed by atoms with E-state index in [9.17, 15) is 19.2 Å². The van der Waals surface area contributed by atoms with Crippen molar-refractivity contribution in [2.75, 3.05) is 19.7 Å². The van der Waals surface area contributed by atoms with Gasteiger partial charge < -0.3 is 25.7 Å². The van der Waals surface area contributed by atoms with E-state index < -0.39 is 23.8 Å². The monoisotopic (exact) mass is 482 g/mol. The molecular weight excluding hydrogens is 448 g/mol. The molecule has 0 bridgehead atoms. The second-order valence-corrected chi connectivity index (χ2v) is 8.07. The summed E-state index contributed by atoms with van der Waals surface area (Å²) >= 11 is 0. The number of piperidine rings is 1. The predicted octanol–water partition coefficient (Wildman–Crippen LogP) is 2.26. The fraction of sp³-hybridized carbons (Fsp3) is 0.385. The molecule has 0 spiro atoms. The third kappa shape index (κ3) is 10.7. The number of benzene rings is 1. The number of carbonyl (C=O) groups is 4. The first-order valence-corrected chi connectivity index (χ1v) is 11.7. The maximum absolute atomic E-state index is 12.2. The Morgan fingerprint density at radius 1 is 1.17 bits per heavy atom. The first-order chi connectivity index (χ1) is 16.9. The lowest BCUT2D eigenvalue weighted by Crippen LogP contribution is -2.44. The second-order valence-electron chi connectivity index (χ2n) is 8.07. The Bertz CT molecular complexity index is 973. The molecular formula is C26H34N4O5. The molecule has 3 rings (SSSR count). The molecule has 4 N–H and O–H groups in total. The highest BCUT2D eigenvalue weighted by atomic mass is 16.5. The van der Waals surface area contributed by atoms with Gasteiger partial charge in [-0.3, -0.25) is 14.4 Å². The van der Waals surface area contributed by atoms with Crippen molar-refractivity contribution in [2.45, 2.75) is 39.2 Å². The molecule has 2 aromatic rings. The van der Waals surface area contributed by atoms with E-state index in [1.54, 1.807) is 25.3 Å². The fourth-order valence-electron chi connectivity index (χ4n) is 3.46. The minimum Gasteiger partial charge on any atom is -0.463 e. The van der Waals surface area contributed by atoms with Crippen LogP contribution in [0.4, 0.5) is 0 Å². The third-order valence-corrected chi connectivity index (χ3v) is 5.23. The van der Waals surface area contributed by atoms with Crippen LogP contribution in [0.15, 0.2) is 60.8 Å². The van der Waals surface area contributed by atoms with Gasteiger partial charge in [-0.2, -0.15) is 0 Å². The summed E-state index contributed by atoms with van der Waals surface area (Å²) in [6, 6.07) is 13.0. The number of hydrogen-bond donors (Lipinski definition) is 4. The summed E-state index contributed by atoms with van der Waals surface area (Å²) in [6.07, 6.45) is 6.32. The molecule has 35 heavy (non-hydrogen) atoms. The number of rotatable bonds is 9. The summed E-state index contributed by atoms with van der Waals surface area (Å²) in [6.45, 7) is 4.45. The zero-order chi connectivity index (χ0) is 25.5. The smallest absolute Gasteiger partial charge is 0.330 e. The average molecular weight is 483 g/mol. The Labute approximate surface area is 205 Å². The van der Waals surface area contributed by atoms with Gasteiger partial charge in [0.15, 0.2) is 0 Å². The Morgan fingerprint density at radius 2 is 1.94 bits per heavy atom. The van der Waals surface area contributed by atoms with E-state index in [0.29, 0.717) is 18.7 Å². The number of aromatic amines is 1. The minimum absolute atomic E-state index is 0.0601. The molecule has 2 heterocycles. The molecule has 2 atom stereocenters. The van der Waals surface area contributed by atoms with Crippen LogP contribution in [0.1, 0.15) is 42.2 Å². The topological polar surface area (TPSA) is 129 Å². The van der Waals surface area contributed by atoms with E-state index in [4.69, 9.17) is 4.74 Å². The standard InChI is InChI=1S/C19H26N4O5.C7H8/c1-2-28-17(25)8-7-14(11-13-5-3-10-21-18(13)26)23-16(24)12-22-19(27)15-6-4-9-20-15;1-7-5-3-2-4-6-7/h4,6-9,13-14,20H,2-3,5,10-12H2,1H3,(H,21,26)(H,22,27)(H,23,24);2-6H,1H3/b8-7+;/t13?,14-;/m1./s1. The molecule has 9 heteroatoms. The largest absolute Gasteiger partial charge is 0.463 e. The number of aromatic nitrogens is 1. The van der Waals surface area contributed by atoms with Crippen LogP contribution in [0.3, 0.4) is 0 Å². The molecule has 0 radical (unpaired) electrons. The van der Waals surface area contributed by atoms with Crippen LogP contribution in [0.2, 0.25) is 0 Å². The second kappa shape index (κ2) is 15.1. The Balaban J connectivity index is 0.000000527. The fourth-order valence-corrected chi connectivity index (χ4v) is 3.46. The van der Waals surface area contributed by atoms with Crippen molar-refractivity contribution in [3.8, 4) is 0 Å². The zero-order valence-electron chi connectivity index (χ0n) is 20.2. The van der Waals surface area contributed by atoms with Gasteiger partial charge in [0.05, 0.1) is 13.2 Å². The van der Waals surface area contributed by atoms with Crippen molar-refractivity contribution >= 4 is 23.7 Å². The highest BCUT2D eigenvalue weighted by molar-refractivity contribution is 5.95. The molecule has 1 unspecified atom stereocenters. The number of aryl methyl sites for hydroxylation is 1. The highest BCUT2D eigenvalue weighted by Gasteiger charge is 2.25. The number of nitrogens with one attached hydrogen (secondary N) is 4. The summed E-state index contributed by atoms with van der Waals surface area (Å²) in [4.78, 5) is 50.5. The Kier molecular flexibility index (Phi) is 11.8. The summed E-state index contributed by atoms with van der Waals surface area (Å²) < 4.78 is 4.85. The van der Waals surface area contributed by atoms with Crippen molar-refractivity contribution in [3.63, 3.8) is 0 Å². The molecule has 9 nitrogen and oxygen atoms in total. The van der Waals surface area contributed by atoms with Crippen LogP contribution in [-0.4, -0.2) is 54.4 Å². The lowest BCUT2D eigenvalue weighted by molar-refractivity contribution is -0.137. The summed E-state index contributed by atoms with van der Waals surface area (Å²) in [7, 11) is 0.